The summed E-state index contributed by atoms with van der Waals surface area (Å²) >= 11 is 1.24. The molecule has 1 aromatic carbocycles. The predicted molar refractivity (Wildman–Crippen MR) is 71.1 cm³/mol. The fourth-order valence-corrected chi connectivity index (χ4v) is 2.29. The van der Waals surface area contributed by atoms with Crippen molar-refractivity contribution in [3.63, 3.8) is 0 Å². The van der Waals surface area contributed by atoms with E-state index in [1.807, 2.05) is 12.1 Å². The third-order valence-corrected chi connectivity index (χ3v) is 3.20. The second-order valence-electron chi connectivity index (χ2n) is 4.04. The first-order valence-corrected chi connectivity index (χ1v) is 6.46. The van der Waals surface area contributed by atoms with E-state index in [9.17, 15) is 0 Å². The largest absolute Gasteiger partial charge is 0.200 e. The first-order chi connectivity index (χ1) is 8.92. The Morgan fingerprint density at radius 2 is 1.94 bits per heavy atom. The van der Waals surface area contributed by atoms with Crippen molar-refractivity contribution in [2.45, 2.75) is 6.54 Å². The molecular formula is C14H12N3S+. The van der Waals surface area contributed by atoms with Crippen molar-refractivity contribution < 1.29 is 4.57 Å². The minimum absolute atomic E-state index is 0.867. The molecule has 0 aliphatic rings. The van der Waals surface area contributed by atoms with Gasteiger partial charge in [-0.15, -0.1) is 0 Å². The Labute approximate surface area is 110 Å². The molecule has 0 aliphatic heterocycles. The lowest BCUT2D eigenvalue weighted by molar-refractivity contribution is -0.687. The SMILES string of the molecule is c1ccc(C[n+]2cccc(-c3cnsn3)c2)cc1. The summed E-state index contributed by atoms with van der Waals surface area (Å²) in [5.74, 6) is 0. The summed E-state index contributed by atoms with van der Waals surface area (Å²) in [5.41, 5.74) is 3.32. The van der Waals surface area contributed by atoms with E-state index >= 15 is 0 Å². The third-order valence-electron chi connectivity index (χ3n) is 2.72. The molecule has 0 radical (unpaired) electrons. The predicted octanol–water partition coefficient (Wildman–Crippen LogP) is 2.54. The summed E-state index contributed by atoms with van der Waals surface area (Å²) in [4.78, 5) is 0. The Kier molecular flexibility index (Phi) is 3.10. The fourth-order valence-electron chi connectivity index (χ4n) is 1.86. The molecule has 0 N–H and O–H groups in total. The molecule has 0 aliphatic carbocycles. The van der Waals surface area contributed by atoms with Gasteiger partial charge < -0.3 is 0 Å². The molecule has 0 spiro atoms. The summed E-state index contributed by atoms with van der Waals surface area (Å²) in [6.07, 6.45) is 5.97. The van der Waals surface area contributed by atoms with Crippen LogP contribution in [0.3, 0.4) is 0 Å². The van der Waals surface area contributed by atoms with Gasteiger partial charge in [0.25, 0.3) is 0 Å². The molecule has 3 nitrogen and oxygen atoms in total. The van der Waals surface area contributed by atoms with Crippen LogP contribution < -0.4 is 4.57 Å². The van der Waals surface area contributed by atoms with Gasteiger partial charge in [0.05, 0.1) is 23.5 Å². The van der Waals surface area contributed by atoms with Gasteiger partial charge in [0.15, 0.2) is 18.9 Å². The van der Waals surface area contributed by atoms with E-state index in [1.165, 1.54) is 17.3 Å². The van der Waals surface area contributed by atoms with Crippen LogP contribution in [0.15, 0.2) is 61.1 Å². The highest BCUT2D eigenvalue weighted by Gasteiger charge is 2.07. The molecule has 0 fully saturated rings. The van der Waals surface area contributed by atoms with Crippen LogP contribution in [0.5, 0.6) is 0 Å². The van der Waals surface area contributed by atoms with E-state index in [-0.39, 0.29) is 0 Å². The van der Waals surface area contributed by atoms with Gasteiger partial charge in [-0.05, 0) is 6.07 Å². The molecule has 88 valence electrons. The molecule has 0 unspecified atom stereocenters. The number of hydrogen-bond donors (Lipinski definition) is 0. The number of pyridine rings is 1. The lowest BCUT2D eigenvalue weighted by Gasteiger charge is -1.99. The maximum Gasteiger partial charge on any atom is 0.178 e. The lowest BCUT2D eigenvalue weighted by Crippen LogP contribution is -2.33. The Morgan fingerprint density at radius 3 is 2.72 bits per heavy atom. The zero-order chi connectivity index (χ0) is 12.2. The second kappa shape index (κ2) is 5.06. The van der Waals surface area contributed by atoms with Crippen LogP contribution in [-0.4, -0.2) is 8.75 Å². The summed E-state index contributed by atoms with van der Waals surface area (Å²) in [6, 6.07) is 14.5. The number of hydrogen-bond acceptors (Lipinski definition) is 3. The summed E-state index contributed by atoms with van der Waals surface area (Å²) < 4.78 is 10.4. The van der Waals surface area contributed by atoms with Gasteiger partial charge in [-0.25, -0.2) is 4.57 Å². The highest BCUT2D eigenvalue weighted by molar-refractivity contribution is 6.99. The van der Waals surface area contributed by atoms with Crippen molar-refractivity contribution in [1.29, 1.82) is 0 Å². The van der Waals surface area contributed by atoms with Crippen molar-refractivity contribution in [3.8, 4) is 11.3 Å². The molecule has 0 bridgehead atoms. The average molecular weight is 254 g/mol. The number of rotatable bonds is 3. The Bertz CT molecular complexity index is 621. The Morgan fingerprint density at radius 1 is 1.06 bits per heavy atom. The van der Waals surface area contributed by atoms with Crippen LogP contribution in [0.25, 0.3) is 11.3 Å². The molecule has 3 aromatic rings. The van der Waals surface area contributed by atoms with Gasteiger partial charge in [0.2, 0.25) is 0 Å². The summed E-state index contributed by atoms with van der Waals surface area (Å²) in [6.45, 7) is 0.867. The maximum atomic E-state index is 4.25. The van der Waals surface area contributed by atoms with Crippen molar-refractivity contribution in [2.24, 2.45) is 0 Å². The summed E-state index contributed by atoms with van der Waals surface area (Å²) in [7, 11) is 0. The minimum Gasteiger partial charge on any atom is -0.200 e. The van der Waals surface area contributed by atoms with Crippen molar-refractivity contribution in [1.82, 2.24) is 8.75 Å². The van der Waals surface area contributed by atoms with E-state index in [2.05, 4.69) is 56.0 Å². The minimum atomic E-state index is 0.867. The van der Waals surface area contributed by atoms with Gasteiger partial charge in [-0.1, -0.05) is 30.3 Å². The number of benzene rings is 1. The first kappa shape index (κ1) is 11.0. The normalized spacial score (nSPS) is 10.4. The van der Waals surface area contributed by atoms with Gasteiger partial charge in [-0.2, -0.15) is 8.75 Å². The van der Waals surface area contributed by atoms with Crippen molar-refractivity contribution >= 4 is 11.7 Å². The molecule has 4 heteroatoms. The molecule has 2 heterocycles. The zero-order valence-corrected chi connectivity index (χ0v) is 10.5. The van der Waals surface area contributed by atoms with E-state index < -0.39 is 0 Å². The third kappa shape index (κ3) is 2.43. The zero-order valence-electron chi connectivity index (χ0n) is 9.73. The lowest BCUT2D eigenvalue weighted by atomic mass is 10.2. The Hall–Kier alpha value is -2.07. The molecule has 0 saturated heterocycles. The summed E-state index contributed by atoms with van der Waals surface area (Å²) in [5, 5.41) is 0. The van der Waals surface area contributed by atoms with Crippen molar-refractivity contribution in [2.75, 3.05) is 0 Å². The molecule has 0 atom stereocenters. The highest BCUT2D eigenvalue weighted by atomic mass is 32.1. The van der Waals surface area contributed by atoms with E-state index in [1.54, 1.807) is 6.20 Å². The standard InChI is InChI=1S/C14H12N3S/c1-2-5-12(6-3-1)10-17-8-4-7-13(11-17)14-9-15-18-16-14/h1-9,11H,10H2/q+1. The molecule has 0 amide bonds. The molecular weight excluding hydrogens is 242 g/mol. The van der Waals surface area contributed by atoms with Crippen LogP contribution in [0.1, 0.15) is 5.56 Å². The van der Waals surface area contributed by atoms with Crippen LogP contribution in [0, 0.1) is 0 Å². The van der Waals surface area contributed by atoms with E-state index in [0.717, 1.165) is 17.8 Å². The Balaban J connectivity index is 1.88. The molecule has 2 aromatic heterocycles. The van der Waals surface area contributed by atoms with Crippen molar-refractivity contribution in [3.05, 3.63) is 66.6 Å². The number of nitrogens with zero attached hydrogens (tertiary/aromatic N) is 3. The van der Waals surface area contributed by atoms with Gasteiger partial charge in [-0.3, -0.25) is 0 Å². The quantitative estimate of drug-likeness (QED) is 0.672. The van der Waals surface area contributed by atoms with Gasteiger partial charge in [0.1, 0.15) is 5.69 Å². The van der Waals surface area contributed by atoms with Crippen LogP contribution >= 0.6 is 11.7 Å². The molecule has 18 heavy (non-hydrogen) atoms. The topological polar surface area (TPSA) is 29.7 Å². The smallest absolute Gasteiger partial charge is 0.178 e. The average Bonchev–Trinajstić information content (AvgIpc) is 2.94. The van der Waals surface area contributed by atoms with E-state index in [0.29, 0.717) is 0 Å². The van der Waals surface area contributed by atoms with Gasteiger partial charge in [0, 0.05) is 11.6 Å². The number of aromatic nitrogens is 3. The van der Waals surface area contributed by atoms with Crippen LogP contribution in [0.2, 0.25) is 0 Å². The highest BCUT2D eigenvalue weighted by Crippen LogP contribution is 2.14. The monoisotopic (exact) mass is 254 g/mol. The fraction of sp³-hybridized carbons (Fsp3) is 0.0714. The maximum absolute atomic E-state index is 4.25. The second-order valence-corrected chi connectivity index (χ2v) is 4.60. The first-order valence-electron chi connectivity index (χ1n) is 5.73. The van der Waals surface area contributed by atoms with E-state index in [4.69, 9.17) is 0 Å². The van der Waals surface area contributed by atoms with Crippen LogP contribution in [0.4, 0.5) is 0 Å². The molecule has 3 rings (SSSR count). The van der Waals surface area contributed by atoms with Crippen LogP contribution in [-0.2, 0) is 6.54 Å². The molecule has 0 saturated carbocycles. The van der Waals surface area contributed by atoms with Gasteiger partial charge >= 0.3 is 0 Å².